The second-order valence-corrected chi connectivity index (χ2v) is 12.5. The molecule has 198 valence electrons. The van der Waals surface area contributed by atoms with Gasteiger partial charge in [-0.05, 0) is 70.8 Å². The molecular weight excluding hydrogens is 510 g/mol. The molecule has 2 aliphatic heterocycles. The normalized spacial score (nSPS) is 16.3. The first-order chi connectivity index (χ1) is 18.7. The van der Waals surface area contributed by atoms with Crippen LogP contribution < -0.4 is 0 Å². The van der Waals surface area contributed by atoms with E-state index in [2.05, 4.69) is 33.9 Å². The third-order valence-corrected chi connectivity index (χ3v) is 8.92. The summed E-state index contributed by atoms with van der Waals surface area (Å²) in [6.07, 6.45) is 4.09. The molecule has 0 amide bonds. The molecule has 2 aliphatic rings. The summed E-state index contributed by atoms with van der Waals surface area (Å²) in [5.41, 5.74) is 6.69. The number of rotatable bonds is 5. The van der Waals surface area contributed by atoms with Crippen LogP contribution in [-0.4, -0.2) is 66.1 Å². The highest BCUT2D eigenvalue weighted by Gasteiger charge is 2.34. The molecule has 1 fully saturated rings. The van der Waals surface area contributed by atoms with Crippen LogP contribution in [0.3, 0.4) is 0 Å². The second-order valence-electron chi connectivity index (χ2n) is 10.5. The van der Waals surface area contributed by atoms with E-state index in [0.717, 1.165) is 48.1 Å². The van der Waals surface area contributed by atoms with Crippen molar-refractivity contribution >= 4 is 26.9 Å². The highest BCUT2D eigenvalue weighted by molar-refractivity contribution is 7.88. The minimum atomic E-state index is -3.09. The molecule has 1 aromatic heterocycles. The van der Waals surface area contributed by atoms with Crippen molar-refractivity contribution in [3.05, 3.63) is 94.7 Å². The predicted octanol–water partition coefficient (Wildman–Crippen LogP) is 4.18. The van der Waals surface area contributed by atoms with Crippen molar-refractivity contribution in [1.82, 2.24) is 14.2 Å². The number of H-pyrrole nitrogens is 1. The zero-order chi connectivity index (χ0) is 27.1. The van der Waals surface area contributed by atoms with E-state index in [1.807, 2.05) is 42.6 Å². The Morgan fingerprint density at radius 2 is 1.90 bits per heavy atom. The number of nitrogens with zero attached hydrogens (tertiary/aromatic N) is 2. The summed E-state index contributed by atoms with van der Waals surface area (Å²) in [7, 11) is -3.09. The van der Waals surface area contributed by atoms with Crippen molar-refractivity contribution in [3.8, 4) is 23.0 Å². The molecule has 0 atom stereocenters. The number of carboxylic acids is 1. The lowest BCUT2D eigenvalue weighted by molar-refractivity contribution is 0.0697. The third kappa shape index (κ3) is 5.21. The fourth-order valence-electron chi connectivity index (χ4n) is 5.61. The lowest BCUT2D eigenvalue weighted by atomic mass is 9.93. The molecular formula is C31H29N3O4S. The highest BCUT2D eigenvalue weighted by atomic mass is 32.2. The average Bonchev–Trinajstić information content (AvgIpc) is 3.36. The second kappa shape index (κ2) is 10.0. The highest BCUT2D eigenvalue weighted by Crippen LogP contribution is 2.30. The number of sulfonamides is 1. The van der Waals surface area contributed by atoms with Gasteiger partial charge in [0, 0.05) is 61.1 Å². The van der Waals surface area contributed by atoms with Crippen molar-refractivity contribution in [2.45, 2.75) is 13.0 Å². The van der Waals surface area contributed by atoms with Crippen LogP contribution in [0.15, 0.2) is 66.9 Å². The fourth-order valence-corrected chi connectivity index (χ4v) is 6.57. The lowest BCUT2D eigenvalue weighted by Crippen LogP contribution is -2.53. The quantitative estimate of drug-likeness (QED) is 0.371. The van der Waals surface area contributed by atoms with Crippen LogP contribution in [-0.2, 0) is 23.0 Å². The number of nitrogens with one attached hydrogen (secondary N) is 1. The largest absolute Gasteiger partial charge is 0.478 e. The topological polar surface area (TPSA) is 93.7 Å². The molecule has 0 aliphatic carbocycles. The molecule has 4 aromatic rings. The van der Waals surface area contributed by atoms with Crippen molar-refractivity contribution in [1.29, 1.82) is 0 Å². The van der Waals surface area contributed by atoms with E-state index < -0.39 is 16.0 Å². The van der Waals surface area contributed by atoms with Crippen molar-refractivity contribution in [3.63, 3.8) is 0 Å². The molecule has 0 unspecified atom stereocenters. The maximum Gasteiger partial charge on any atom is 0.336 e. The monoisotopic (exact) mass is 539 g/mol. The molecule has 0 saturated carbocycles. The SMILES string of the molecule is CS(=O)(=O)N1CC(CN2CCc3ccc(C#Cc4cccc(C(=O)O)c4-c4ccc5cc[nH]c5c4)cc3C2)C1. The summed E-state index contributed by atoms with van der Waals surface area (Å²) < 4.78 is 24.9. The minimum absolute atomic E-state index is 0.222. The standard InChI is InChI=1S/C31H29N3O4S/c1-39(37,38)34-18-22(19-34)17-33-14-12-23-7-5-21(15-27(23)20-33)6-8-25-3-2-4-28(31(35)36)30(25)26-10-9-24-11-13-32-29(24)16-26/h2-5,7,9-11,13,15-16,22,32H,12,14,17-20H2,1H3,(H,35,36). The van der Waals surface area contributed by atoms with E-state index >= 15 is 0 Å². The first-order valence-corrected chi connectivity index (χ1v) is 14.8. The Balaban J connectivity index is 1.25. The number of aromatic nitrogens is 1. The van der Waals surface area contributed by atoms with E-state index in [1.165, 1.54) is 21.7 Å². The van der Waals surface area contributed by atoms with E-state index in [0.29, 0.717) is 30.1 Å². The van der Waals surface area contributed by atoms with Gasteiger partial charge < -0.3 is 10.1 Å². The molecule has 6 rings (SSSR count). The number of hydrogen-bond acceptors (Lipinski definition) is 4. The average molecular weight is 540 g/mol. The Morgan fingerprint density at radius 3 is 2.69 bits per heavy atom. The number of carboxylic acid groups (broad SMARTS) is 1. The summed E-state index contributed by atoms with van der Waals surface area (Å²) in [6.45, 7) is 3.86. The minimum Gasteiger partial charge on any atom is -0.478 e. The van der Waals surface area contributed by atoms with Crippen LogP contribution in [0, 0.1) is 17.8 Å². The van der Waals surface area contributed by atoms with Crippen molar-refractivity contribution in [2.24, 2.45) is 5.92 Å². The van der Waals surface area contributed by atoms with E-state index in [9.17, 15) is 18.3 Å². The third-order valence-electron chi connectivity index (χ3n) is 7.69. The first kappa shape index (κ1) is 25.4. The molecule has 1 saturated heterocycles. The van der Waals surface area contributed by atoms with Crippen LogP contribution in [0.4, 0.5) is 0 Å². The maximum absolute atomic E-state index is 12.1. The Morgan fingerprint density at radius 1 is 1.05 bits per heavy atom. The number of benzene rings is 3. The number of aromatic amines is 1. The number of fused-ring (bicyclic) bond motifs is 2. The molecule has 0 spiro atoms. The number of carbonyl (C=O) groups is 1. The van der Waals surface area contributed by atoms with Gasteiger partial charge in [-0.2, -0.15) is 0 Å². The Labute approximate surface area is 228 Å². The molecule has 2 N–H and O–H groups in total. The summed E-state index contributed by atoms with van der Waals surface area (Å²) >= 11 is 0. The maximum atomic E-state index is 12.1. The predicted molar refractivity (Wildman–Crippen MR) is 152 cm³/mol. The summed E-state index contributed by atoms with van der Waals surface area (Å²) in [4.78, 5) is 17.7. The number of aromatic carboxylic acids is 1. The van der Waals surface area contributed by atoms with Gasteiger partial charge >= 0.3 is 5.97 Å². The molecule has 0 radical (unpaired) electrons. The van der Waals surface area contributed by atoms with E-state index in [-0.39, 0.29) is 5.56 Å². The van der Waals surface area contributed by atoms with Crippen LogP contribution in [0.2, 0.25) is 0 Å². The molecule has 0 bridgehead atoms. The lowest BCUT2D eigenvalue weighted by Gasteiger charge is -2.41. The summed E-state index contributed by atoms with van der Waals surface area (Å²) in [5.74, 6) is 5.91. The fraction of sp³-hybridized carbons (Fsp3) is 0.258. The van der Waals surface area contributed by atoms with Gasteiger partial charge in [0.1, 0.15) is 0 Å². The zero-order valence-corrected chi connectivity index (χ0v) is 22.5. The van der Waals surface area contributed by atoms with Crippen LogP contribution in [0.5, 0.6) is 0 Å². The summed E-state index contributed by atoms with van der Waals surface area (Å²) in [5, 5.41) is 11.0. The van der Waals surface area contributed by atoms with Crippen molar-refractivity contribution in [2.75, 3.05) is 32.4 Å². The van der Waals surface area contributed by atoms with Gasteiger partial charge in [0.2, 0.25) is 10.0 Å². The first-order valence-electron chi connectivity index (χ1n) is 13.0. The van der Waals surface area contributed by atoms with Gasteiger partial charge in [-0.1, -0.05) is 36.1 Å². The molecule has 7 nitrogen and oxygen atoms in total. The Hall–Kier alpha value is -3.90. The van der Waals surface area contributed by atoms with E-state index in [1.54, 1.807) is 12.1 Å². The van der Waals surface area contributed by atoms with Gasteiger partial charge in [0.05, 0.1) is 11.8 Å². The molecule has 3 aromatic carbocycles. The van der Waals surface area contributed by atoms with Crippen LogP contribution in [0.1, 0.15) is 32.6 Å². The Kier molecular flexibility index (Phi) is 6.51. The van der Waals surface area contributed by atoms with Crippen LogP contribution in [0.25, 0.3) is 22.0 Å². The molecule has 39 heavy (non-hydrogen) atoms. The summed E-state index contributed by atoms with van der Waals surface area (Å²) in [6, 6.07) is 19.4. The van der Waals surface area contributed by atoms with Crippen LogP contribution >= 0.6 is 0 Å². The Bertz CT molecular complexity index is 1760. The van der Waals surface area contributed by atoms with Gasteiger partial charge in [-0.15, -0.1) is 0 Å². The van der Waals surface area contributed by atoms with Gasteiger partial charge in [-0.3, -0.25) is 4.90 Å². The number of hydrogen-bond donors (Lipinski definition) is 2. The smallest absolute Gasteiger partial charge is 0.336 e. The van der Waals surface area contributed by atoms with E-state index in [4.69, 9.17) is 0 Å². The molecule has 3 heterocycles. The zero-order valence-electron chi connectivity index (χ0n) is 21.6. The van der Waals surface area contributed by atoms with Gasteiger partial charge in [0.15, 0.2) is 0 Å². The molecule has 8 heteroatoms. The van der Waals surface area contributed by atoms with Crippen molar-refractivity contribution < 1.29 is 18.3 Å². The van der Waals surface area contributed by atoms with Gasteiger partial charge in [-0.25, -0.2) is 17.5 Å². The van der Waals surface area contributed by atoms with Gasteiger partial charge in [0.25, 0.3) is 0 Å².